The molecule has 2 heterocycles. The van der Waals surface area contributed by atoms with Gasteiger partial charge in [-0.2, -0.15) is 0 Å². The van der Waals surface area contributed by atoms with Crippen LogP contribution in [0.25, 0.3) is 12.7 Å². The number of fused-ring (bicyclic) bond motifs is 1. The first-order valence-electron chi connectivity index (χ1n) is 13.2. The molecule has 2 aromatic carbocycles. The Morgan fingerprint density at radius 2 is 1.85 bits per heavy atom. The Kier molecular flexibility index (Phi) is 8.50. The van der Waals surface area contributed by atoms with Crippen molar-refractivity contribution in [2.45, 2.75) is 66.5 Å². The third-order valence-electron chi connectivity index (χ3n) is 7.29. The fourth-order valence-corrected chi connectivity index (χ4v) is 5.67. The second kappa shape index (κ2) is 11.7. The van der Waals surface area contributed by atoms with E-state index in [2.05, 4.69) is 54.2 Å². The average Bonchev–Trinajstić information content (AvgIpc) is 3.16. The molecule has 0 saturated carbocycles. The molecule has 7 heteroatoms. The number of aromatic nitrogens is 1. The maximum atomic E-state index is 12.1. The van der Waals surface area contributed by atoms with Gasteiger partial charge in [-0.05, 0) is 101 Å². The van der Waals surface area contributed by atoms with Crippen molar-refractivity contribution in [2.24, 2.45) is 0 Å². The van der Waals surface area contributed by atoms with E-state index in [1.165, 1.54) is 15.7 Å². The van der Waals surface area contributed by atoms with Gasteiger partial charge in [-0.3, -0.25) is 9.36 Å². The monoisotopic (exact) mass is 547 g/mol. The molecule has 0 aliphatic carbocycles. The van der Waals surface area contributed by atoms with Crippen LogP contribution in [-0.4, -0.2) is 29.7 Å². The minimum atomic E-state index is -0.456. The molecule has 6 nitrogen and oxygen atoms in total. The number of carbonyl (C=O) groups excluding carboxylic acids is 1. The average molecular weight is 548 g/mol. The lowest BCUT2D eigenvalue weighted by Gasteiger charge is -2.38. The number of carbonyl (C=O) groups is 1. The highest BCUT2D eigenvalue weighted by atomic mass is 32.1. The lowest BCUT2D eigenvalue weighted by atomic mass is 9.87. The van der Waals surface area contributed by atoms with Gasteiger partial charge in [0.15, 0.2) is 0 Å². The molecule has 1 aliphatic rings. The lowest BCUT2D eigenvalue weighted by molar-refractivity contribution is -0.108. The molecule has 0 radical (unpaired) electrons. The van der Waals surface area contributed by atoms with E-state index in [0.717, 1.165) is 68.2 Å². The SMILES string of the molecule is C=c1/c(=C/c2ccc(OCC3(C)CCc4c(C)c(OCC=C(C)C)c(C)c(C)c4O3)cc2)sc(=O)n1CC=O. The minimum absolute atomic E-state index is 0.0178. The van der Waals surface area contributed by atoms with Crippen molar-refractivity contribution in [1.82, 2.24) is 4.57 Å². The Balaban J connectivity index is 1.47. The summed E-state index contributed by atoms with van der Waals surface area (Å²) in [6.07, 6.45) is 6.43. The van der Waals surface area contributed by atoms with Gasteiger partial charge < -0.3 is 19.0 Å². The van der Waals surface area contributed by atoms with Gasteiger partial charge >= 0.3 is 4.87 Å². The maximum absolute atomic E-state index is 12.1. The number of thiazole rings is 1. The molecule has 39 heavy (non-hydrogen) atoms. The van der Waals surface area contributed by atoms with Crippen LogP contribution < -0.4 is 29.0 Å². The largest absolute Gasteiger partial charge is 0.489 e. The molecule has 0 fully saturated rings. The molecule has 3 aromatic rings. The number of nitrogens with zero attached hydrogens (tertiary/aromatic N) is 1. The second-order valence-corrected chi connectivity index (χ2v) is 11.6. The summed E-state index contributed by atoms with van der Waals surface area (Å²) in [7, 11) is 0. The van der Waals surface area contributed by atoms with Gasteiger partial charge in [0.2, 0.25) is 0 Å². The highest BCUT2D eigenvalue weighted by Gasteiger charge is 2.35. The van der Waals surface area contributed by atoms with E-state index < -0.39 is 5.60 Å². The third kappa shape index (κ3) is 6.19. The molecule has 0 amide bonds. The number of hydrogen-bond donors (Lipinski definition) is 0. The number of ether oxygens (including phenoxy) is 3. The van der Waals surface area contributed by atoms with E-state index in [9.17, 15) is 9.59 Å². The molecule has 0 spiro atoms. The maximum Gasteiger partial charge on any atom is 0.308 e. The van der Waals surface area contributed by atoms with E-state index in [4.69, 9.17) is 14.2 Å². The van der Waals surface area contributed by atoms with Gasteiger partial charge in [-0.25, -0.2) is 0 Å². The van der Waals surface area contributed by atoms with E-state index in [-0.39, 0.29) is 11.4 Å². The fraction of sp³-hybridized carbons (Fsp3) is 0.375. The standard InChI is InChI=1S/C32H37NO5S/c1-20(2)13-17-36-29-21(3)22(4)30-27(23(29)5)12-14-32(7,38-30)19-37-26-10-8-25(9-11-26)18-28-24(6)33(15-16-34)31(35)39-28/h8-11,13,16,18H,6,12,14-15,17,19H2,1-5,7H3/b28-18-. The van der Waals surface area contributed by atoms with Crippen LogP contribution in [-0.2, 0) is 17.8 Å². The van der Waals surface area contributed by atoms with Crippen LogP contribution in [0.2, 0.25) is 0 Å². The van der Waals surface area contributed by atoms with E-state index in [1.807, 2.05) is 30.3 Å². The van der Waals surface area contributed by atoms with Crippen LogP contribution in [0.3, 0.4) is 0 Å². The van der Waals surface area contributed by atoms with Gasteiger partial charge in [0.1, 0.15) is 42.3 Å². The first kappa shape index (κ1) is 28.4. The van der Waals surface area contributed by atoms with E-state index >= 15 is 0 Å². The Morgan fingerprint density at radius 3 is 2.51 bits per heavy atom. The van der Waals surface area contributed by atoms with E-state index in [0.29, 0.717) is 24.8 Å². The Morgan fingerprint density at radius 1 is 1.13 bits per heavy atom. The summed E-state index contributed by atoms with van der Waals surface area (Å²) in [6, 6.07) is 7.71. The molecule has 4 rings (SSSR count). The Hall–Kier alpha value is -3.58. The molecule has 1 aromatic heterocycles. The Labute approximate surface area is 233 Å². The quantitative estimate of drug-likeness (QED) is 0.285. The minimum Gasteiger partial charge on any atom is -0.489 e. The number of hydrogen-bond acceptors (Lipinski definition) is 6. The van der Waals surface area contributed by atoms with Crippen molar-refractivity contribution < 1.29 is 19.0 Å². The molecule has 0 saturated heterocycles. The first-order chi connectivity index (χ1) is 18.5. The number of benzene rings is 2. The molecular weight excluding hydrogens is 510 g/mol. The molecular formula is C32H37NO5S. The van der Waals surface area contributed by atoms with Crippen LogP contribution in [0.15, 0.2) is 40.7 Å². The van der Waals surface area contributed by atoms with Gasteiger partial charge in [0.25, 0.3) is 0 Å². The molecule has 1 unspecified atom stereocenters. The van der Waals surface area contributed by atoms with Crippen LogP contribution >= 0.6 is 11.3 Å². The molecule has 0 bridgehead atoms. The van der Waals surface area contributed by atoms with Crippen molar-refractivity contribution >= 4 is 30.3 Å². The van der Waals surface area contributed by atoms with Crippen molar-refractivity contribution in [2.75, 3.05) is 13.2 Å². The molecule has 1 atom stereocenters. The predicted molar refractivity (Wildman–Crippen MR) is 158 cm³/mol. The predicted octanol–water partition coefficient (Wildman–Crippen LogP) is 4.78. The van der Waals surface area contributed by atoms with E-state index in [1.54, 1.807) is 0 Å². The second-order valence-electron chi connectivity index (χ2n) is 10.6. The number of aldehydes is 1. The van der Waals surface area contributed by atoms with Crippen molar-refractivity contribution in [3.8, 4) is 17.2 Å². The smallest absolute Gasteiger partial charge is 0.308 e. The van der Waals surface area contributed by atoms with Crippen molar-refractivity contribution in [1.29, 1.82) is 0 Å². The fourth-order valence-electron chi connectivity index (χ4n) is 4.76. The highest BCUT2D eigenvalue weighted by Crippen LogP contribution is 2.44. The van der Waals surface area contributed by atoms with Gasteiger partial charge in [0, 0.05) is 5.56 Å². The summed E-state index contributed by atoms with van der Waals surface area (Å²) in [5.74, 6) is 2.66. The van der Waals surface area contributed by atoms with Crippen molar-refractivity contribution in [3.05, 3.63) is 83.3 Å². The zero-order valence-electron chi connectivity index (χ0n) is 23.7. The third-order valence-corrected chi connectivity index (χ3v) is 8.26. The molecule has 1 aliphatic heterocycles. The van der Waals surface area contributed by atoms with Gasteiger partial charge in [0.05, 0.1) is 16.4 Å². The zero-order chi connectivity index (χ0) is 28.3. The number of allylic oxidation sites excluding steroid dienone is 1. The number of rotatable bonds is 9. The van der Waals surface area contributed by atoms with Gasteiger partial charge in [-0.15, -0.1) is 0 Å². The van der Waals surface area contributed by atoms with Crippen LogP contribution in [0.4, 0.5) is 0 Å². The summed E-state index contributed by atoms with van der Waals surface area (Å²) < 4.78 is 21.1. The molecule has 0 N–H and O–H groups in total. The van der Waals surface area contributed by atoms with Crippen LogP contribution in [0.1, 0.15) is 55.0 Å². The summed E-state index contributed by atoms with van der Waals surface area (Å²) in [5, 5.41) is 0.549. The van der Waals surface area contributed by atoms with Crippen molar-refractivity contribution in [3.63, 3.8) is 0 Å². The normalized spacial score (nSPS) is 16.8. The summed E-state index contributed by atoms with van der Waals surface area (Å²) in [6.45, 7) is 17.5. The topological polar surface area (TPSA) is 66.8 Å². The summed E-state index contributed by atoms with van der Waals surface area (Å²) in [4.78, 5) is 22.7. The summed E-state index contributed by atoms with van der Waals surface area (Å²) in [5.41, 5.74) is 6.31. The summed E-state index contributed by atoms with van der Waals surface area (Å²) >= 11 is 1.08. The lowest BCUT2D eigenvalue weighted by Crippen LogP contribution is -2.42. The van der Waals surface area contributed by atoms with Crippen LogP contribution in [0.5, 0.6) is 17.2 Å². The highest BCUT2D eigenvalue weighted by molar-refractivity contribution is 7.07. The van der Waals surface area contributed by atoms with Crippen LogP contribution in [0, 0.1) is 20.8 Å². The van der Waals surface area contributed by atoms with Gasteiger partial charge in [-0.1, -0.05) is 35.6 Å². The zero-order valence-corrected chi connectivity index (χ0v) is 24.5. The Bertz CT molecular complexity index is 1570. The molecule has 206 valence electrons. The first-order valence-corrected chi connectivity index (χ1v) is 14.0.